The molecule has 1 saturated heterocycles. The summed E-state index contributed by atoms with van der Waals surface area (Å²) in [4.78, 5) is 12.5. The minimum Gasteiger partial charge on any atom is -0.493 e. The first kappa shape index (κ1) is 13.4. The van der Waals surface area contributed by atoms with Crippen LogP contribution in [0.5, 0.6) is 11.5 Å². The van der Waals surface area contributed by atoms with Gasteiger partial charge < -0.3 is 19.5 Å². The number of aliphatic hydroxyl groups excluding tert-OH is 1. The summed E-state index contributed by atoms with van der Waals surface area (Å²) >= 11 is 0. The Morgan fingerprint density at radius 2 is 2.00 bits per heavy atom. The van der Waals surface area contributed by atoms with Gasteiger partial charge in [-0.1, -0.05) is 0 Å². The monoisotopic (exact) mass is 268 g/mol. The van der Waals surface area contributed by atoms with Crippen molar-refractivity contribution in [3.63, 3.8) is 0 Å². The van der Waals surface area contributed by atoms with E-state index in [-0.39, 0.29) is 5.69 Å². The molecule has 1 aromatic carbocycles. The number of nitro groups is 1. The Morgan fingerprint density at radius 3 is 2.47 bits per heavy atom. The standard InChI is InChI=1S/C12H16N2O5/c1-18-11-5-9(13-4-3-8(15)7-13)10(14(16)17)6-12(11)19-2/h5-6,8,15H,3-4,7H2,1-2H3/t8-/m1/s1. The highest BCUT2D eigenvalue weighted by Gasteiger charge is 2.28. The van der Waals surface area contributed by atoms with Crippen molar-refractivity contribution in [3.05, 3.63) is 22.2 Å². The lowest BCUT2D eigenvalue weighted by Crippen LogP contribution is -2.22. The number of benzene rings is 1. The minimum absolute atomic E-state index is 0.0493. The normalized spacial score (nSPS) is 18.5. The maximum atomic E-state index is 11.1. The lowest BCUT2D eigenvalue weighted by molar-refractivity contribution is -0.384. The molecule has 1 aliphatic heterocycles. The lowest BCUT2D eigenvalue weighted by Gasteiger charge is -2.19. The predicted octanol–water partition coefficient (Wildman–Crippen LogP) is 1.18. The summed E-state index contributed by atoms with van der Waals surface area (Å²) in [5.41, 5.74) is 0.394. The molecule has 0 spiro atoms. The second kappa shape index (κ2) is 5.31. The van der Waals surface area contributed by atoms with Gasteiger partial charge in [-0.05, 0) is 6.42 Å². The van der Waals surface area contributed by atoms with E-state index in [1.165, 1.54) is 20.3 Å². The third-order valence-corrected chi connectivity index (χ3v) is 3.18. The number of β-amino-alcohol motifs (C(OH)–C–C–N with tert-alkyl or cyclic N) is 1. The number of nitro benzene ring substituents is 1. The molecule has 0 amide bonds. The van der Waals surface area contributed by atoms with Crippen molar-refractivity contribution < 1.29 is 19.5 Å². The van der Waals surface area contributed by atoms with Gasteiger partial charge in [0.15, 0.2) is 11.5 Å². The summed E-state index contributed by atoms with van der Waals surface area (Å²) in [5, 5.41) is 20.7. The zero-order valence-electron chi connectivity index (χ0n) is 10.8. The molecular weight excluding hydrogens is 252 g/mol. The van der Waals surface area contributed by atoms with Gasteiger partial charge in [-0.2, -0.15) is 0 Å². The molecule has 0 saturated carbocycles. The molecule has 2 rings (SSSR count). The smallest absolute Gasteiger partial charge is 0.296 e. The molecule has 1 aromatic rings. The third kappa shape index (κ3) is 2.55. The van der Waals surface area contributed by atoms with Gasteiger partial charge in [0, 0.05) is 19.2 Å². The Balaban J connectivity index is 2.48. The van der Waals surface area contributed by atoms with E-state index in [9.17, 15) is 15.2 Å². The molecule has 1 fully saturated rings. The van der Waals surface area contributed by atoms with E-state index >= 15 is 0 Å². The Labute approximate surface area is 110 Å². The van der Waals surface area contributed by atoms with Crippen molar-refractivity contribution in [1.29, 1.82) is 0 Å². The number of aliphatic hydroxyl groups is 1. The fourth-order valence-corrected chi connectivity index (χ4v) is 2.22. The van der Waals surface area contributed by atoms with E-state index in [0.717, 1.165) is 0 Å². The van der Waals surface area contributed by atoms with Crippen LogP contribution >= 0.6 is 0 Å². The molecule has 0 aliphatic carbocycles. The Hall–Kier alpha value is -2.02. The average Bonchev–Trinajstić information content (AvgIpc) is 2.83. The fraction of sp³-hybridized carbons (Fsp3) is 0.500. The first-order chi connectivity index (χ1) is 9.06. The van der Waals surface area contributed by atoms with Crippen LogP contribution < -0.4 is 14.4 Å². The van der Waals surface area contributed by atoms with E-state index in [1.54, 1.807) is 11.0 Å². The van der Waals surface area contributed by atoms with Crippen LogP contribution in [0.4, 0.5) is 11.4 Å². The van der Waals surface area contributed by atoms with Crippen LogP contribution in [0, 0.1) is 10.1 Å². The van der Waals surface area contributed by atoms with Crippen molar-refractivity contribution in [2.24, 2.45) is 0 Å². The van der Waals surface area contributed by atoms with E-state index in [0.29, 0.717) is 36.7 Å². The Bertz CT molecular complexity index is 491. The Kier molecular flexibility index (Phi) is 3.75. The van der Waals surface area contributed by atoms with Gasteiger partial charge in [0.2, 0.25) is 0 Å². The van der Waals surface area contributed by atoms with Crippen LogP contribution in [-0.2, 0) is 0 Å². The highest BCUT2D eigenvalue weighted by Crippen LogP contribution is 2.40. The van der Waals surface area contributed by atoms with E-state index in [4.69, 9.17) is 9.47 Å². The highest BCUT2D eigenvalue weighted by molar-refractivity contribution is 5.70. The highest BCUT2D eigenvalue weighted by atomic mass is 16.6. The molecule has 0 aromatic heterocycles. The number of anilines is 1. The van der Waals surface area contributed by atoms with Crippen molar-refractivity contribution >= 4 is 11.4 Å². The number of nitrogens with zero attached hydrogens (tertiary/aromatic N) is 2. The van der Waals surface area contributed by atoms with Crippen LogP contribution in [0.2, 0.25) is 0 Å². The maximum absolute atomic E-state index is 11.1. The van der Waals surface area contributed by atoms with Gasteiger partial charge in [-0.15, -0.1) is 0 Å². The molecule has 0 unspecified atom stereocenters. The molecule has 0 bridgehead atoms. The summed E-state index contributed by atoms with van der Waals surface area (Å²) in [7, 11) is 2.91. The van der Waals surface area contributed by atoms with Crippen LogP contribution in [0.3, 0.4) is 0 Å². The molecule has 1 heterocycles. The fourth-order valence-electron chi connectivity index (χ4n) is 2.22. The second-order valence-corrected chi connectivity index (χ2v) is 4.34. The lowest BCUT2D eigenvalue weighted by atomic mass is 10.2. The summed E-state index contributed by atoms with van der Waals surface area (Å²) in [6, 6.07) is 2.92. The molecule has 19 heavy (non-hydrogen) atoms. The topological polar surface area (TPSA) is 85.1 Å². The van der Waals surface area contributed by atoms with E-state index in [1.807, 2.05) is 0 Å². The summed E-state index contributed by atoms with van der Waals surface area (Å²) in [6.07, 6.45) is 0.151. The predicted molar refractivity (Wildman–Crippen MR) is 69.0 cm³/mol. The summed E-state index contributed by atoms with van der Waals surface area (Å²) < 4.78 is 10.2. The van der Waals surface area contributed by atoms with Crippen LogP contribution in [0.15, 0.2) is 12.1 Å². The maximum Gasteiger partial charge on any atom is 0.296 e. The van der Waals surface area contributed by atoms with Gasteiger partial charge in [-0.3, -0.25) is 10.1 Å². The van der Waals surface area contributed by atoms with Crippen molar-refractivity contribution in [2.75, 3.05) is 32.2 Å². The van der Waals surface area contributed by atoms with Crippen molar-refractivity contribution in [2.45, 2.75) is 12.5 Å². The summed E-state index contributed by atoms with van der Waals surface area (Å²) in [5.74, 6) is 0.752. The van der Waals surface area contributed by atoms with Crippen LogP contribution in [0.1, 0.15) is 6.42 Å². The van der Waals surface area contributed by atoms with Gasteiger partial charge in [0.05, 0.1) is 31.3 Å². The number of rotatable bonds is 4. The van der Waals surface area contributed by atoms with Crippen molar-refractivity contribution in [1.82, 2.24) is 0 Å². The number of methoxy groups -OCH3 is 2. The quantitative estimate of drug-likeness (QED) is 0.652. The average molecular weight is 268 g/mol. The first-order valence-electron chi connectivity index (χ1n) is 5.90. The molecule has 104 valence electrons. The Morgan fingerprint density at radius 1 is 1.37 bits per heavy atom. The zero-order chi connectivity index (χ0) is 14.0. The van der Waals surface area contributed by atoms with E-state index < -0.39 is 11.0 Å². The van der Waals surface area contributed by atoms with Crippen molar-refractivity contribution in [3.8, 4) is 11.5 Å². The molecule has 7 nitrogen and oxygen atoms in total. The second-order valence-electron chi connectivity index (χ2n) is 4.34. The molecule has 7 heteroatoms. The molecule has 0 radical (unpaired) electrons. The molecule has 1 atom stereocenters. The largest absolute Gasteiger partial charge is 0.493 e. The number of ether oxygens (including phenoxy) is 2. The van der Waals surface area contributed by atoms with Gasteiger partial charge in [0.25, 0.3) is 5.69 Å². The summed E-state index contributed by atoms with van der Waals surface area (Å²) in [6.45, 7) is 0.966. The van der Waals surface area contributed by atoms with Crippen LogP contribution in [0.25, 0.3) is 0 Å². The van der Waals surface area contributed by atoms with Crippen LogP contribution in [-0.4, -0.2) is 43.4 Å². The van der Waals surface area contributed by atoms with Gasteiger partial charge in [0.1, 0.15) is 5.69 Å². The van der Waals surface area contributed by atoms with Gasteiger partial charge in [-0.25, -0.2) is 0 Å². The number of hydrogen-bond acceptors (Lipinski definition) is 6. The number of hydrogen-bond donors (Lipinski definition) is 1. The van der Waals surface area contributed by atoms with E-state index in [2.05, 4.69) is 0 Å². The molecule has 1 aliphatic rings. The van der Waals surface area contributed by atoms with Gasteiger partial charge >= 0.3 is 0 Å². The zero-order valence-corrected chi connectivity index (χ0v) is 10.8. The molecular formula is C12H16N2O5. The molecule has 1 N–H and O–H groups in total. The SMILES string of the molecule is COc1cc(N2CC[C@@H](O)C2)c([N+](=O)[O-])cc1OC. The third-order valence-electron chi connectivity index (χ3n) is 3.18. The first-order valence-corrected chi connectivity index (χ1v) is 5.90. The minimum atomic E-state index is -0.456.